The van der Waals surface area contributed by atoms with Crippen LogP contribution in [0.1, 0.15) is 33.2 Å². The Kier molecular flexibility index (Phi) is 3.27. The predicted molar refractivity (Wildman–Crippen MR) is 104 cm³/mol. The Labute approximate surface area is 155 Å². The van der Waals surface area contributed by atoms with Crippen molar-refractivity contribution in [1.82, 2.24) is 15.2 Å². The van der Waals surface area contributed by atoms with Crippen LogP contribution in [0, 0.1) is 6.92 Å². The number of hydrogen-bond donors (Lipinski definition) is 3. The lowest BCUT2D eigenvalue weighted by atomic mass is 9.95. The average Bonchev–Trinajstić information content (AvgIpc) is 3.04. The number of aryl methyl sites for hydroxylation is 1. The van der Waals surface area contributed by atoms with Gasteiger partial charge in [-0.3, -0.25) is 4.79 Å². The highest BCUT2D eigenvalue weighted by Crippen LogP contribution is 2.44. The van der Waals surface area contributed by atoms with Gasteiger partial charge in [-0.1, -0.05) is 48.0 Å². The lowest BCUT2D eigenvalue weighted by molar-refractivity contribution is 0.0995. The highest BCUT2D eigenvalue weighted by atomic mass is 16.1. The number of carbonyl (C=O) groups is 1. The normalized spacial score (nSPS) is 15.1. The van der Waals surface area contributed by atoms with Gasteiger partial charge in [0.1, 0.15) is 0 Å². The van der Waals surface area contributed by atoms with E-state index < -0.39 is 5.91 Å². The monoisotopic (exact) mass is 355 g/mol. The third kappa shape index (κ3) is 2.30. The SMILES string of the molecule is Cc1ccc(C2Nc3ccccc3-c3c(C(N)=O)nnc4[nH]cc2c34)cc1. The molecule has 0 saturated carbocycles. The second-order valence-corrected chi connectivity index (χ2v) is 6.79. The van der Waals surface area contributed by atoms with E-state index in [2.05, 4.69) is 51.7 Å². The molecule has 0 spiro atoms. The molecule has 6 heteroatoms. The molecule has 1 aliphatic heterocycles. The molecule has 2 aromatic carbocycles. The van der Waals surface area contributed by atoms with Crippen molar-refractivity contribution in [3.63, 3.8) is 0 Å². The largest absolute Gasteiger partial charge is 0.374 e. The first-order valence-electron chi connectivity index (χ1n) is 8.73. The summed E-state index contributed by atoms with van der Waals surface area (Å²) >= 11 is 0. The molecular formula is C21H17N5O. The van der Waals surface area contributed by atoms with Gasteiger partial charge in [0.05, 0.1) is 6.04 Å². The molecule has 1 atom stereocenters. The molecule has 4 aromatic rings. The Balaban J connectivity index is 1.88. The maximum absolute atomic E-state index is 12.1. The van der Waals surface area contributed by atoms with E-state index in [9.17, 15) is 4.79 Å². The Hall–Kier alpha value is -3.67. The summed E-state index contributed by atoms with van der Waals surface area (Å²) in [5, 5.41) is 12.8. The third-order valence-corrected chi connectivity index (χ3v) is 5.08. The first-order chi connectivity index (χ1) is 13.1. The third-order valence-electron chi connectivity index (χ3n) is 5.08. The quantitative estimate of drug-likeness (QED) is 0.512. The number of rotatable bonds is 2. The number of nitrogens with two attached hydrogens (primary N) is 1. The van der Waals surface area contributed by atoms with Crippen molar-refractivity contribution in [2.75, 3.05) is 5.32 Å². The minimum Gasteiger partial charge on any atom is -0.374 e. The molecule has 0 aliphatic carbocycles. The van der Waals surface area contributed by atoms with Crippen LogP contribution in [-0.4, -0.2) is 21.1 Å². The van der Waals surface area contributed by atoms with Gasteiger partial charge < -0.3 is 16.0 Å². The van der Waals surface area contributed by atoms with Gasteiger partial charge in [0.2, 0.25) is 0 Å². The Bertz CT molecular complexity index is 1190. The highest BCUT2D eigenvalue weighted by molar-refractivity contribution is 6.10. The predicted octanol–water partition coefficient (Wildman–Crippen LogP) is 3.55. The number of para-hydroxylation sites is 1. The molecule has 4 N–H and O–H groups in total. The van der Waals surface area contributed by atoms with E-state index in [4.69, 9.17) is 5.73 Å². The van der Waals surface area contributed by atoms with Gasteiger partial charge in [0.25, 0.3) is 5.91 Å². The molecule has 0 radical (unpaired) electrons. The van der Waals surface area contributed by atoms with Crippen molar-refractivity contribution in [2.24, 2.45) is 5.73 Å². The number of nitrogens with one attached hydrogen (secondary N) is 2. The fraction of sp³-hybridized carbons (Fsp3) is 0.0952. The molecule has 0 bridgehead atoms. The number of benzene rings is 2. The molecule has 132 valence electrons. The van der Waals surface area contributed by atoms with E-state index in [1.807, 2.05) is 30.5 Å². The van der Waals surface area contributed by atoms with Gasteiger partial charge in [-0.25, -0.2) is 0 Å². The average molecular weight is 355 g/mol. The molecule has 5 rings (SSSR count). The minimum atomic E-state index is -0.588. The zero-order chi connectivity index (χ0) is 18.5. The highest BCUT2D eigenvalue weighted by Gasteiger charge is 2.29. The van der Waals surface area contributed by atoms with Crippen molar-refractivity contribution < 1.29 is 4.79 Å². The van der Waals surface area contributed by atoms with Crippen LogP contribution in [0.15, 0.2) is 54.7 Å². The summed E-state index contributed by atoms with van der Waals surface area (Å²) in [6.07, 6.45) is 1.93. The van der Waals surface area contributed by atoms with Gasteiger partial charge in [0.15, 0.2) is 11.3 Å². The molecule has 0 saturated heterocycles. The Morgan fingerprint density at radius 2 is 1.85 bits per heavy atom. The number of aromatic amines is 1. The summed E-state index contributed by atoms with van der Waals surface area (Å²) in [7, 11) is 0. The second kappa shape index (κ2) is 5.67. The van der Waals surface area contributed by atoms with E-state index in [0.29, 0.717) is 5.65 Å². The van der Waals surface area contributed by atoms with Gasteiger partial charge in [-0.2, -0.15) is 0 Å². The summed E-state index contributed by atoms with van der Waals surface area (Å²) < 4.78 is 0. The molecule has 27 heavy (non-hydrogen) atoms. The summed E-state index contributed by atoms with van der Waals surface area (Å²) in [4.78, 5) is 15.3. The maximum Gasteiger partial charge on any atom is 0.269 e. The standard InChI is InChI=1S/C21H17N5O/c1-11-6-8-12(9-7-11)18-14-10-23-21-17(14)16(19(20(22)27)25-26-21)13-4-2-3-5-15(13)24-18/h2-10,18,24H,1H3,(H2,22,27)(H,23,26). The Morgan fingerprint density at radius 1 is 1.07 bits per heavy atom. The number of fused-ring (bicyclic) bond motifs is 2. The molecule has 1 unspecified atom stereocenters. The van der Waals surface area contributed by atoms with Crippen LogP contribution in [-0.2, 0) is 0 Å². The van der Waals surface area contributed by atoms with Crippen LogP contribution in [0.2, 0.25) is 0 Å². The molecular weight excluding hydrogens is 338 g/mol. The molecule has 2 aromatic heterocycles. The molecule has 3 heterocycles. The number of carbonyl (C=O) groups excluding carboxylic acids is 1. The van der Waals surface area contributed by atoms with Crippen LogP contribution >= 0.6 is 0 Å². The van der Waals surface area contributed by atoms with Crippen molar-refractivity contribution in [2.45, 2.75) is 13.0 Å². The van der Waals surface area contributed by atoms with Gasteiger partial charge in [0, 0.05) is 34.0 Å². The number of primary amides is 1. The second-order valence-electron chi connectivity index (χ2n) is 6.79. The molecule has 6 nitrogen and oxygen atoms in total. The van der Waals surface area contributed by atoms with Crippen molar-refractivity contribution in [3.8, 4) is 11.1 Å². The number of nitrogens with zero attached hydrogens (tertiary/aromatic N) is 2. The number of aromatic nitrogens is 3. The maximum atomic E-state index is 12.1. The number of amides is 1. The van der Waals surface area contributed by atoms with E-state index in [1.165, 1.54) is 5.56 Å². The number of hydrogen-bond acceptors (Lipinski definition) is 4. The van der Waals surface area contributed by atoms with Crippen LogP contribution < -0.4 is 11.1 Å². The molecule has 1 aliphatic rings. The summed E-state index contributed by atoms with van der Waals surface area (Å²) in [6, 6.07) is 16.2. The first-order valence-corrected chi connectivity index (χ1v) is 8.73. The fourth-order valence-electron chi connectivity index (χ4n) is 3.78. The zero-order valence-electron chi connectivity index (χ0n) is 14.7. The summed E-state index contributed by atoms with van der Waals surface area (Å²) in [6.45, 7) is 2.07. The smallest absolute Gasteiger partial charge is 0.269 e. The fourth-order valence-corrected chi connectivity index (χ4v) is 3.78. The topological polar surface area (TPSA) is 96.7 Å². The zero-order valence-corrected chi connectivity index (χ0v) is 14.7. The van der Waals surface area contributed by atoms with Crippen LogP contribution in [0.4, 0.5) is 5.69 Å². The van der Waals surface area contributed by atoms with E-state index >= 15 is 0 Å². The van der Waals surface area contributed by atoms with Gasteiger partial charge in [-0.15, -0.1) is 10.2 Å². The lowest BCUT2D eigenvalue weighted by Gasteiger charge is -2.19. The summed E-state index contributed by atoms with van der Waals surface area (Å²) in [5.41, 5.74) is 12.3. The first kappa shape index (κ1) is 15.6. The minimum absolute atomic E-state index is 0.0910. The van der Waals surface area contributed by atoms with Crippen LogP contribution in [0.3, 0.4) is 0 Å². The van der Waals surface area contributed by atoms with Crippen molar-refractivity contribution in [1.29, 1.82) is 0 Å². The van der Waals surface area contributed by atoms with Crippen LogP contribution in [0.5, 0.6) is 0 Å². The van der Waals surface area contributed by atoms with E-state index in [0.717, 1.165) is 33.3 Å². The van der Waals surface area contributed by atoms with Gasteiger partial charge >= 0.3 is 0 Å². The van der Waals surface area contributed by atoms with Crippen molar-refractivity contribution >= 4 is 22.6 Å². The molecule has 0 fully saturated rings. The Morgan fingerprint density at radius 3 is 2.63 bits per heavy atom. The van der Waals surface area contributed by atoms with Gasteiger partial charge in [-0.05, 0) is 18.6 Å². The number of H-pyrrole nitrogens is 1. The van der Waals surface area contributed by atoms with Crippen LogP contribution in [0.25, 0.3) is 22.2 Å². The van der Waals surface area contributed by atoms with E-state index in [-0.39, 0.29) is 11.7 Å². The summed E-state index contributed by atoms with van der Waals surface area (Å²) in [5.74, 6) is -0.588. The van der Waals surface area contributed by atoms with Crippen molar-refractivity contribution in [3.05, 3.63) is 77.1 Å². The number of anilines is 1. The lowest BCUT2D eigenvalue weighted by Crippen LogP contribution is -2.15. The van der Waals surface area contributed by atoms with E-state index in [1.54, 1.807) is 0 Å². The molecule has 1 amide bonds.